The summed E-state index contributed by atoms with van der Waals surface area (Å²) in [7, 11) is 1.29. The minimum absolute atomic E-state index is 0.322. The van der Waals surface area contributed by atoms with Gasteiger partial charge in [-0.1, -0.05) is 17.4 Å². The Morgan fingerprint density at radius 3 is 2.78 bits per heavy atom. The number of carbonyl (C=O) groups excluding carboxylic acids is 2. The van der Waals surface area contributed by atoms with Gasteiger partial charge in [0, 0.05) is 5.56 Å². The number of rotatable bonds is 3. The lowest BCUT2D eigenvalue weighted by Gasteiger charge is -2.03. The summed E-state index contributed by atoms with van der Waals surface area (Å²) in [6.45, 7) is 0. The van der Waals surface area contributed by atoms with Gasteiger partial charge in [-0.3, -0.25) is 10.1 Å². The number of ether oxygens (including phenoxy) is 1. The predicted molar refractivity (Wildman–Crippen MR) is 65.6 cm³/mol. The van der Waals surface area contributed by atoms with E-state index in [2.05, 4.69) is 20.3 Å². The van der Waals surface area contributed by atoms with Gasteiger partial charge in [-0.15, -0.1) is 10.2 Å². The smallest absolute Gasteiger partial charge is 0.337 e. The van der Waals surface area contributed by atoms with Crippen molar-refractivity contribution in [2.75, 3.05) is 12.4 Å². The van der Waals surface area contributed by atoms with Gasteiger partial charge in [-0.25, -0.2) is 4.79 Å². The van der Waals surface area contributed by atoms with Crippen molar-refractivity contribution in [2.24, 2.45) is 0 Å². The molecule has 0 bridgehead atoms. The van der Waals surface area contributed by atoms with Crippen LogP contribution in [0.25, 0.3) is 0 Å². The van der Waals surface area contributed by atoms with Gasteiger partial charge in [0.05, 0.1) is 12.7 Å². The van der Waals surface area contributed by atoms with Crippen molar-refractivity contribution < 1.29 is 14.3 Å². The summed E-state index contributed by atoms with van der Waals surface area (Å²) in [6.07, 6.45) is 0. The fourth-order valence-electron chi connectivity index (χ4n) is 1.30. The van der Waals surface area contributed by atoms with Crippen LogP contribution in [0.4, 0.5) is 5.13 Å². The monoisotopic (exact) mass is 263 g/mol. The van der Waals surface area contributed by atoms with E-state index in [4.69, 9.17) is 0 Å². The molecule has 2 aromatic rings. The van der Waals surface area contributed by atoms with Gasteiger partial charge in [-0.05, 0) is 18.2 Å². The molecule has 0 fully saturated rings. The van der Waals surface area contributed by atoms with E-state index >= 15 is 0 Å². The van der Waals surface area contributed by atoms with Crippen LogP contribution in [0.3, 0.4) is 0 Å². The second-order valence-corrected chi connectivity index (χ2v) is 4.10. The Bertz CT molecular complexity index is 569. The molecule has 0 aliphatic heterocycles. The third-order valence-electron chi connectivity index (χ3n) is 2.13. The molecule has 1 aromatic carbocycles. The van der Waals surface area contributed by atoms with Crippen LogP contribution in [0.5, 0.6) is 0 Å². The van der Waals surface area contributed by atoms with Crippen molar-refractivity contribution in [1.82, 2.24) is 10.2 Å². The summed E-state index contributed by atoms with van der Waals surface area (Å²) in [5, 5.41) is 10.3. The quantitative estimate of drug-likeness (QED) is 0.850. The van der Waals surface area contributed by atoms with Crippen LogP contribution in [0.2, 0.25) is 0 Å². The molecule has 7 heteroatoms. The van der Waals surface area contributed by atoms with Crippen LogP contribution in [0.15, 0.2) is 29.8 Å². The summed E-state index contributed by atoms with van der Waals surface area (Å²) in [5.41, 5.74) is 2.19. The number of nitrogens with one attached hydrogen (secondary N) is 1. The van der Waals surface area contributed by atoms with Gasteiger partial charge >= 0.3 is 5.97 Å². The van der Waals surface area contributed by atoms with Crippen LogP contribution in [0.1, 0.15) is 20.7 Å². The third kappa shape index (κ3) is 2.69. The zero-order valence-electron chi connectivity index (χ0n) is 9.41. The third-order valence-corrected chi connectivity index (χ3v) is 2.73. The van der Waals surface area contributed by atoms with Gasteiger partial charge < -0.3 is 4.74 Å². The molecule has 2 rings (SSSR count). The molecule has 18 heavy (non-hydrogen) atoms. The molecule has 1 amide bonds. The average molecular weight is 263 g/mol. The molecule has 0 aliphatic carbocycles. The Morgan fingerprint density at radius 1 is 1.33 bits per heavy atom. The first-order valence-electron chi connectivity index (χ1n) is 4.96. The number of aromatic nitrogens is 2. The standard InChI is InChI=1S/C11H9N3O3S/c1-17-10(16)8-4-2-3-7(5-8)9(15)13-11-14-12-6-18-11/h2-6H,1H3,(H,13,14,15). The molecule has 0 radical (unpaired) electrons. The van der Waals surface area contributed by atoms with Crippen LogP contribution in [-0.4, -0.2) is 29.2 Å². The molecule has 0 saturated heterocycles. The number of benzene rings is 1. The van der Waals surface area contributed by atoms with Gasteiger partial charge in [0.2, 0.25) is 5.13 Å². The number of carbonyl (C=O) groups is 2. The highest BCUT2D eigenvalue weighted by Crippen LogP contribution is 2.12. The molecule has 0 unspecified atom stereocenters. The van der Waals surface area contributed by atoms with Crippen molar-refractivity contribution in [3.8, 4) is 0 Å². The maximum Gasteiger partial charge on any atom is 0.337 e. The van der Waals surface area contributed by atoms with Crippen molar-refractivity contribution >= 4 is 28.3 Å². The van der Waals surface area contributed by atoms with E-state index in [0.717, 1.165) is 0 Å². The number of hydrogen-bond donors (Lipinski definition) is 1. The largest absolute Gasteiger partial charge is 0.465 e. The van der Waals surface area contributed by atoms with Crippen LogP contribution >= 0.6 is 11.3 Å². The van der Waals surface area contributed by atoms with Crippen LogP contribution < -0.4 is 5.32 Å². The molecule has 0 saturated carbocycles. The number of amides is 1. The Labute approximate surface area is 107 Å². The number of hydrogen-bond acceptors (Lipinski definition) is 6. The Hall–Kier alpha value is -2.28. The first-order chi connectivity index (χ1) is 8.70. The molecule has 0 spiro atoms. The van der Waals surface area contributed by atoms with E-state index in [1.54, 1.807) is 18.2 Å². The van der Waals surface area contributed by atoms with Gasteiger partial charge in [0.1, 0.15) is 5.51 Å². The lowest BCUT2D eigenvalue weighted by atomic mass is 10.1. The van der Waals surface area contributed by atoms with Crippen LogP contribution in [0, 0.1) is 0 Å². The van der Waals surface area contributed by atoms with E-state index in [0.29, 0.717) is 16.3 Å². The van der Waals surface area contributed by atoms with Gasteiger partial charge in [0.25, 0.3) is 5.91 Å². The normalized spacial score (nSPS) is 9.83. The lowest BCUT2D eigenvalue weighted by molar-refractivity contribution is 0.0600. The highest BCUT2D eigenvalue weighted by atomic mass is 32.1. The van der Waals surface area contributed by atoms with Gasteiger partial charge in [-0.2, -0.15) is 0 Å². The maximum atomic E-state index is 11.9. The van der Waals surface area contributed by atoms with E-state index in [-0.39, 0.29) is 5.91 Å². The zero-order valence-corrected chi connectivity index (χ0v) is 10.2. The van der Waals surface area contributed by atoms with Crippen molar-refractivity contribution in [2.45, 2.75) is 0 Å². The Morgan fingerprint density at radius 2 is 2.11 bits per heavy atom. The Balaban J connectivity index is 2.18. The summed E-state index contributed by atoms with van der Waals surface area (Å²) in [5.74, 6) is -0.835. The number of anilines is 1. The molecule has 1 heterocycles. The molecule has 1 aromatic heterocycles. The zero-order chi connectivity index (χ0) is 13.0. The summed E-state index contributed by atoms with van der Waals surface area (Å²) in [6, 6.07) is 6.25. The molecule has 0 atom stereocenters. The highest BCUT2D eigenvalue weighted by molar-refractivity contribution is 7.13. The maximum absolute atomic E-state index is 11.9. The fraction of sp³-hybridized carbons (Fsp3) is 0.0909. The first kappa shape index (κ1) is 12.2. The second kappa shape index (κ2) is 5.37. The van der Waals surface area contributed by atoms with Gasteiger partial charge in [0.15, 0.2) is 0 Å². The number of methoxy groups -OCH3 is 1. The lowest BCUT2D eigenvalue weighted by Crippen LogP contribution is -2.13. The topological polar surface area (TPSA) is 81.2 Å². The molecule has 1 N–H and O–H groups in total. The molecular formula is C11H9N3O3S. The average Bonchev–Trinajstić information content (AvgIpc) is 2.90. The molecule has 0 aliphatic rings. The molecular weight excluding hydrogens is 254 g/mol. The number of esters is 1. The predicted octanol–water partition coefficient (Wildman–Crippen LogP) is 1.58. The number of nitrogens with zero attached hydrogens (tertiary/aromatic N) is 2. The first-order valence-corrected chi connectivity index (χ1v) is 5.84. The van der Waals surface area contributed by atoms with Crippen molar-refractivity contribution in [3.63, 3.8) is 0 Å². The minimum Gasteiger partial charge on any atom is -0.465 e. The summed E-state index contributed by atoms with van der Waals surface area (Å²) < 4.78 is 4.59. The summed E-state index contributed by atoms with van der Waals surface area (Å²) >= 11 is 1.22. The van der Waals surface area contributed by atoms with E-state index in [1.165, 1.54) is 30.0 Å². The molecule has 6 nitrogen and oxygen atoms in total. The second-order valence-electron chi connectivity index (χ2n) is 3.27. The summed E-state index contributed by atoms with van der Waals surface area (Å²) in [4.78, 5) is 23.2. The fourth-order valence-corrected chi connectivity index (χ4v) is 1.74. The Kier molecular flexibility index (Phi) is 3.63. The minimum atomic E-state index is -0.486. The highest BCUT2D eigenvalue weighted by Gasteiger charge is 2.11. The van der Waals surface area contributed by atoms with Crippen molar-refractivity contribution in [3.05, 3.63) is 40.9 Å². The SMILES string of the molecule is COC(=O)c1cccc(C(=O)Nc2nncs2)c1. The van der Waals surface area contributed by atoms with Crippen LogP contribution in [-0.2, 0) is 4.74 Å². The molecule has 92 valence electrons. The van der Waals surface area contributed by atoms with Crippen molar-refractivity contribution in [1.29, 1.82) is 0 Å². The van der Waals surface area contributed by atoms with E-state index in [9.17, 15) is 9.59 Å². The van der Waals surface area contributed by atoms with E-state index in [1.807, 2.05) is 0 Å². The van der Waals surface area contributed by atoms with E-state index < -0.39 is 5.97 Å².